The van der Waals surface area contributed by atoms with Crippen molar-refractivity contribution in [2.45, 2.75) is 0 Å². The van der Waals surface area contributed by atoms with Crippen molar-refractivity contribution in [3.63, 3.8) is 0 Å². The van der Waals surface area contributed by atoms with Crippen molar-refractivity contribution in [1.82, 2.24) is 19.1 Å². The molecule has 0 amide bonds. The minimum absolute atomic E-state index is 0.124. The average Bonchev–Trinajstić information content (AvgIpc) is 2.91. The summed E-state index contributed by atoms with van der Waals surface area (Å²) in [6.07, 6.45) is 0. The average molecular weight is 292 g/mol. The van der Waals surface area contributed by atoms with Crippen LogP contribution in [0.5, 0.6) is 0 Å². The van der Waals surface area contributed by atoms with Crippen LogP contribution in [0.4, 0.5) is 8.78 Å². The van der Waals surface area contributed by atoms with E-state index >= 15 is 0 Å². The number of aromatic amines is 1. The summed E-state index contributed by atoms with van der Waals surface area (Å²) in [5.41, 5.74) is -0.493. The molecule has 3 rings (SSSR count). The lowest BCUT2D eigenvalue weighted by Gasteiger charge is -2.00. The van der Waals surface area contributed by atoms with Crippen LogP contribution in [0, 0.1) is 11.6 Å². The quantitative estimate of drug-likeness (QED) is 0.724. The van der Waals surface area contributed by atoms with Gasteiger partial charge in [0.05, 0.1) is 0 Å². The third kappa shape index (κ3) is 1.87. The Labute approximate surface area is 116 Å². The molecule has 2 aromatic heterocycles. The Morgan fingerprint density at radius 1 is 1.10 bits per heavy atom. The summed E-state index contributed by atoms with van der Waals surface area (Å²) in [6.45, 7) is 0. The van der Waals surface area contributed by atoms with Crippen molar-refractivity contribution < 1.29 is 8.78 Å². The number of fused-ring (bicyclic) bond motifs is 1. The lowest BCUT2D eigenvalue weighted by molar-refractivity contribution is 0.509. The molecule has 21 heavy (non-hydrogen) atoms. The Bertz CT molecular complexity index is 984. The van der Waals surface area contributed by atoms with Crippen molar-refractivity contribution >= 4 is 11.2 Å². The van der Waals surface area contributed by atoms with E-state index in [0.29, 0.717) is 0 Å². The van der Waals surface area contributed by atoms with Gasteiger partial charge in [0.15, 0.2) is 17.3 Å². The van der Waals surface area contributed by atoms with Gasteiger partial charge in [0.25, 0.3) is 5.56 Å². The molecule has 0 radical (unpaired) electrons. The standard InChI is InChI=1S/C13H10F2N4O2/c1-18-11-9(12(20)19(2)13(18)21)16-10(17-11)6-3-4-7(14)8(15)5-6/h3-5H,1-2H3,(H,16,17). The van der Waals surface area contributed by atoms with Crippen LogP contribution in [0.15, 0.2) is 27.8 Å². The molecule has 0 fully saturated rings. The maximum atomic E-state index is 13.3. The Kier molecular flexibility index (Phi) is 2.75. The second-order valence-electron chi connectivity index (χ2n) is 4.62. The summed E-state index contributed by atoms with van der Waals surface area (Å²) in [7, 11) is 2.82. The van der Waals surface area contributed by atoms with Gasteiger partial charge in [-0.1, -0.05) is 0 Å². The molecule has 2 heterocycles. The number of hydrogen-bond donors (Lipinski definition) is 1. The van der Waals surface area contributed by atoms with Crippen LogP contribution >= 0.6 is 0 Å². The minimum Gasteiger partial charge on any atom is -0.332 e. The van der Waals surface area contributed by atoms with Crippen molar-refractivity contribution in [3.8, 4) is 11.4 Å². The molecule has 0 saturated carbocycles. The van der Waals surface area contributed by atoms with Crippen LogP contribution in [0.3, 0.4) is 0 Å². The lowest BCUT2D eigenvalue weighted by atomic mass is 10.2. The van der Waals surface area contributed by atoms with Gasteiger partial charge in [0.2, 0.25) is 0 Å². The molecule has 1 aromatic carbocycles. The van der Waals surface area contributed by atoms with Gasteiger partial charge in [0, 0.05) is 19.7 Å². The Morgan fingerprint density at radius 2 is 1.81 bits per heavy atom. The van der Waals surface area contributed by atoms with Gasteiger partial charge < -0.3 is 4.98 Å². The fraction of sp³-hybridized carbons (Fsp3) is 0.154. The van der Waals surface area contributed by atoms with Crippen molar-refractivity contribution in [1.29, 1.82) is 0 Å². The Hall–Kier alpha value is -2.77. The summed E-state index contributed by atoms with van der Waals surface area (Å²) in [4.78, 5) is 30.7. The maximum absolute atomic E-state index is 13.3. The number of halogens is 2. The molecular weight excluding hydrogens is 282 g/mol. The maximum Gasteiger partial charge on any atom is 0.332 e. The monoisotopic (exact) mass is 292 g/mol. The second-order valence-corrected chi connectivity index (χ2v) is 4.62. The van der Waals surface area contributed by atoms with Gasteiger partial charge in [-0.25, -0.2) is 18.6 Å². The summed E-state index contributed by atoms with van der Waals surface area (Å²) < 4.78 is 28.4. The normalized spacial score (nSPS) is 11.2. The lowest BCUT2D eigenvalue weighted by Crippen LogP contribution is -2.36. The molecule has 0 bridgehead atoms. The predicted molar refractivity (Wildman–Crippen MR) is 71.9 cm³/mol. The first-order chi connectivity index (χ1) is 9.90. The van der Waals surface area contributed by atoms with Crippen LogP contribution < -0.4 is 11.2 Å². The second kappa shape index (κ2) is 4.37. The van der Waals surface area contributed by atoms with Crippen LogP contribution in [0.1, 0.15) is 0 Å². The summed E-state index contributed by atoms with van der Waals surface area (Å²) in [5.74, 6) is -1.81. The van der Waals surface area contributed by atoms with E-state index in [-0.39, 0.29) is 22.6 Å². The van der Waals surface area contributed by atoms with E-state index in [9.17, 15) is 18.4 Å². The molecule has 108 valence electrons. The van der Waals surface area contributed by atoms with Crippen LogP contribution in [-0.2, 0) is 14.1 Å². The van der Waals surface area contributed by atoms with Crippen LogP contribution in [-0.4, -0.2) is 19.1 Å². The Morgan fingerprint density at radius 3 is 2.48 bits per heavy atom. The van der Waals surface area contributed by atoms with Crippen LogP contribution in [0.25, 0.3) is 22.6 Å². The molecule has 8 heteroatoms. The van der Waals surface area contributed by atoms with E-state index in [1.165, 1.54) is 24.7 Å². The van der Waals surface area contributed by atoms with Crippen LogP contribution in [0.2, 0.25) is 0 Å². The molecular formula is C13H10F2N4O2. The number of H-pyrrole nitrogens is 1. The third-order valence-electron chi connectivity index (χ3n) is 3.29. The van der Waals surface area contributed by atoms with Gasteiger partial charge in [-0.05, 0) is 18.2 Å². The zero-order valence-electron chi connectivity index (χ0n) is 11.1. The summed E-state index contributed by atoms with van der Waals surface area (Å²) in [6, 6.07) is 3.27. The Balaban J connectivity index is 2.34. The molecule has 0 unspecified atom stereocenters. The van der Waals surface area contributed by atoms with E-state index in [4.69, 9.17) is 0 Å². The SMILES string of the molecule is Cn1c(=O)c2[nH]c(-c3ccc(F)c(F)c3)nc2n(C)c1=O. The molecule has 0 aliphatic heterocycles. The fourth-order valence-electron chi connectivity index (χ4n) is 2.11. The molecule has 0 saturated heterocycles. The minimum atomic E-state index is -1.02. The first-order valence-corrected chi connectivity index (χ1v) is 6.01. The summed E-state index contributed by atoms with van der Waals surface area (Å²) in [5, 5.41) is 0. The predicted octanol–water partition coefficient (Wildman–Crippen LogP) is 0.905. The van der Waals surface area contributed by atoms with Crippen molar-refractivity contribution in [2.24, 2.45) is 14.1 Å². The van der Waals surface area contributed by atoms with E-state index in [0.717, 1.165) is 16.7 Å². The molecule has 3 aromatic rings. The number of hydrogen-bond acceptors (Lipinski definition) is 3. The zero-order chi connectivity index (χ0) is 15.3. The van der Waals surface area contributed by atoms with E-state index in [1.807, 2.05) is 0 Å². The van der Waals surface area contributed by atoms with Gasteiger partial charge in [-0.3, -0.25) is 13.9 Å². The highest BCUT2D eigenvalue weighted by molar-refractivity contribution is 5.75. The largest absolute Gasteiger partial charge is 0.332 e. The molecule has 0 spiro atoms. The number of aryl methyl sites for hydroxylation is 1. The van der Waals surface area contributed by atoms with Gasteiger partial charge >= 0.3 is 5.69 Å². The molecule has 1 N–H and O–H groups in total. The molecule has 6 nitrogen and oxygen atoms in total. The topological polar surface area (TPSA) is 72.7 Å². The van der Waals surface area contributed by atoms with Gasteiger partial charge in [0.1, 0.15) is 11.3 Å². The highest BCUT2D eigenvalue weighted by atomic mass is 19.2. The first-order valence-electron chi connectivity index (χ1n) is 6.01. The third-order valence-corrected chi connectivity index (χ3v) is 3.29. The van der Waals surface area contributed by atoms with Gasteiger partial charge in [-0.15, -0.1) is 0 Å². The molecule has 0 aliphatic rings. The number of imidazole rings is 1. The van der Waals surface area contributed by atoms with Crippen molar-refractivity contribution in [3.05, 3.63) is 50.7 Å². The van der Waals surface area contributed by atoms with E-state index in [1.54, 1.807) is 0 Å². The first kappa shape index (κ1) is 13.2. The number of benzene rings is 1. The number of nitrogens with one attached hydrogen (secondary N) is 1. The zero-order valence-corrected chi connectivity index (χ0v) is 11.1. The number of rotatable bonds is 1. The molecule has 0 aliphatic carbocycles. The number of nitrogens with zero attached hydrogens (tertiary/aromatic N) is 3. The van der Waals surface area contributed by atoms with E-state index in [2.05, 4.69) is 9.97 Å². The highest BCUT2D eigenvalue weighted by Gasteiger charge is 2.15. The molecule has 0 atom stereocenters. The van der Waals surface area contributed by atoms with Crippen molar-refractivity contribution in [2.75, 3.05) is 0 Å². The van der Waals surface area contributed by atoms with E-state index < -0.39 is 22.9 Å². The fourth-order valence-corrected chi connectivity index (χ4v) is 2.11. The number of aromatic nitrogens is 4. The smallest absolute Gasteiger partial charge is 0.332 e. The highest BCUT2D eigenvalue weighted by Crippen LogP contribution is 2.20. The summed E-state index contributed by atoms with van der Waals surface area (Å²) >= 11 is 0. The van der Waals surface area contributed by atoms with Gasteiger partial charge in [-0.2, -0.15) is 0 Å².